The van der Waals surface area contributed by atoms with Crippen molar-refractivity contribution in [1.29, 1.82) is 0 Å². The molecule has 0 atom stereocenters. The molecule has 0 unspecified atom stereocenters. The number of benzene rings is 2. The molecule has 108 valence electrons. The molecule has 2 aliphatic rings. The summed E-state index contributed by atoms with van der Waals surface area (Å²) in [6.45, 7) is 0. The van der Waals surface area contributed by atoms with Gasteiger partial charge in [-0.2, -0.15) is 0 Å². The first-order chi connectivity index (χ1) is 10.2. The summed E-state index contributed by atoms with van der Waals surface area (Å²) >= 11 is 0. The predicted octanol–water partition coefficient (Wildman–Crippen LogP) is 3.59. The van der Waals surface area contributed by atoms with Crippen LogP contribution in [0.5, 0.6) is 11.5 Å². The van der Waals surface area contributed by atoms with E-state index in [1.165, 1.54) is 35.1 Å². The van der Waals surface area contributed by atoms with Gasteiger partial charge in [0.05, 0.1) is 14.2 Å². The first-order valence-electron chi connectivity index (χ1n) is 7.53. The molecule has 0 bridgehead atoms. The Bertz CT molecular complexity index is 641. The van der Waals surface area contributed by atoms with E-state index in [2.05, 4.69) is 36.4 Å². The maximum atomic E-state index is 5.37. The molecule has 0 heterocycles. The average Bonchev–Trinajstić information content (AvgIpc) is 3.03. The minimum Gasteiger partial charge on any atom is -0.497 e. The SMILES string of the molecule is COc1ccc2c(c1)CC1(C2)Cc2ccc(OC)cc2C1. The van der Waals surface area contributed by atoms with Crippen LogP contribution in [0.2, 0.25) is 0 Å². The molecular formula is C19H20O2. The zero-order valence-electron chi connectivity index (χ0n) is 12.6. The van der Waals surface area contributed by atoms with Crippen molar-refractivity contribution in [3.63, 3.8) is 0 Å². The minimum atomic E-state index is 0.378. The fourth-order valence-corrected chi connectivity index (χ4v) is 4.12. The molecule has 2 aliphatic carbocycles. The van der Waals surface area contributed by atoms with Crippen LogP contribution in [-0.2, 0) is 25.7 Å². The monoisotopic (exact) mass is 280 g/mol. The Kier molecular flexibility index (Phi) is 2.75. The number of rotatable bonds is 2. The number of hydrogen-bond donors (Lipinski definition) is 0. The zero-order valence-corrected chi connectivity index (χ0v) is 12.6. The molecule has 0 N–H and O–H groups in total. The second-order valence-corrected chi connectivity index (χ2v) is 6.48. The summed E-state index contributed by atoms with van der Waals surface area (Å²) in [4.78, 5) is 0. The van der Waals surface area contributed by atoms with Crippen LogP contribution in [0.25, 0.3) is 0 Å². The Labute approximate surface area is 125 Å². The Hall–Kier alpha value is -1.96. The summed E-state index contributed by atoms with van der Waals surface area (Å²) < 4.78 is 10.7. The van der Waals surface area contributed by atoms with E-state index in [1.807, 2.05) is 0 Å². The summed E-state index contributed by atoms with van der Waals surface area (Å²) in [7, 11) is 3.48. The standard InChI is InChI=1S/C19H20O2/c1-20-17-5-3-13-9-19(11-15(13)7-17)10-14-4-6-18(21-2)8-16(14)12-19/h3-8H,9-12H2,1-2H3. The third-order valence-electron chi connectivity index (χ3n) is 5.09. The first kappa shape index (κ1) is 12.8. The molecule has 2 aromatic carbocycles. The van der Waals surface area contributed by atoms with E-state index in [0.29, 0.717) is 5.41 Å². The van der Waals surface area contributed by atoms with Crippen molar-refractivity contribution in [2.24, 2.45) is 5.41 Å². The molecular weight excluding hydrogens is 260 g/mol. The second-order valence-electron chi connectivity index (χ2n) is 6.48. The highest BCUT2D eigenvalue weighted by molar-refractivity contribution is 5.46. The van der Waals surface area contributed by atoms with Crippen molar-refractivity contribution >= 4 is 0 Å². The lowest BCUT2D eigenvalue weighted by Gasteiger charge is -2.21. The van der Waals surface area contributed by atoms with Crippen molar-refractivity contribution in [2.75, 3.05) is 14.2 Å². The summed E-state index contributed by atoms with van der Waals surface area (Å²) in [5, 5.41) is 0. The molecule has 2 nitrogen and oxygen atoms in total. The predicted molar refractivity (Wildman–Crippen MR) is 83.2 cm³/mol. The molecule has 2 heteroatoms. The molecule has 0 fully saturated rings. The van der Waals surface area contributed by atoms with Gasteiger partial charge in [0.2, 0.25) is 0 Å². The second kappa shape index (κ2) is 4.52. The van der Waals surface area contributed by atoms with Crippen LogP contribution in [0.15, 0.2) is 36.4 Å². The fraction of sp³-hybridized carbons (Fsp3) is 0.368. The van der Waals surface area contributed by atoms with Crippen LogP contribution in [0.4, 0.5) is 0 Å². The summed E-state index contributed by atoms with van der Waals surface area (Å²) in [6.07, 6.45) is 4.69. The maximum Gasteiger partial charge on any atom is 0.119 e. The van der Waals surface area contributed by atoms with E-state index < -0.39 is 0 Å². The van der Waals surface area contributed by atoms with Gasteiger partial charge in [-0.1, -0.05) is 12.1 Å². The van der Waals surface area contributed by atoms with Crippen molar-refractivity contribution in [1.82, 2.24) is 0 Å². The molecule has 0 aliphatic heterocycles. The first-order valence-corrected chi connectivity index (χ1v) is 7.53. The minimum absolute atomic E-state index is 0.378. The third kappa shape index (κ3) is 2.01. The summed E-state index contributed by atoms with van der Waals surface area (Å²) in [5.41, 5.74) is 6.30. The van der Waals surface area contributed by atoms with Crippen LogP contribution in [0.3, 0.4) is 0 Å². The number of methoxy groups -OCH3 is 2. The normalized spacial score (nSPS) is 17.6. The highest BCUT2D eigenvalue weighted by atomic mass is 16.5. The summed E-state index contributed by atoms with van der Waals surface area (Å²) in [5.74, 6) is 1.95. The fourth-order valence-electron chi connectivity index (χ4n) is 4.12. The van der Waals surface area contributed by atoms with Crippen molar-refractivity contribution in [2.45, 2.75) is 25.7 Å². The van der Waals surface area contributed by atoms with Gasteiger partial charge in [-0.15, -0.1) is 0 Å². The van der Waals surface area contributed by atoms with Gasteiger partial charge in [0, 0.05) is 0 Å². The number of fused-ring (bicyclic) bond motifs is 2. The Morgan fingerprint density at radius 1 is 0.667 bits per heavy atom. The van der Waals surface area contributed by atoms with Crippen LogP contribution in [0.1, 0.15) is 22.3 Å². The lowest BCUT2D eigenvalue weighted by Crippen LogP contribution is -2.21. The van der Waals surface area contributed by atoms with Crippen LogP contribution >= 0.6 is 0 Å². The van der Waals surface area contributed by atoms with E-state index >= 15 is 0 Å². The van der Waals surface area contributed by atoms with Gasteiger partial charge in [-0.3, -0.25) is 0 Å². The smallest absolute Gasteiger partial charge is 0.119 e. The zero-order chi connectivity index (χ0) is 14.4. The van der Waals surface area contributed by atoms with Gasteiger partial charge >= 0.3 is 0 Å². The van der Waals surface area contributed by atoms with Crippen LogP contribution < -0.4 is 9.47 Å². The summed E-state index contributed by atoms with van der Waals surface area (Å²) in [6, 6.07) is 13.1. The van der Waals surface area contributed by atoms with E-state index in [0.717, 1.165) is 24.3 Å². The van der Waals surface area contributed by atoms with Crippen LogP contribution in [-0.4, -0.2) is 14.2 Å². The Morgan fingerprint density at radius 3 is 1.52 bits per heavy atom. The highest BCUT2D eigenvalue weighted by Crippen LogP contribution is 2.48. The topological polar surface area (TPSA) is 18.5 Å². The average molecular weight is 280 g/mol. The van der Waals surface area contributed by atoms with Gasteiger partial charge in [0.15, 0.2) is 0 Å². The van der Waals surface area contributed by atoms with Crippen molar-refractivity contribution in [3.05, 3.63) is 58.7 Å². The molecule has 0 saturated heterocycles. The molecule has 21 heavy (non-hydrogen) atoms. The van der Waals surface area contributed by atoms with E-state index in [4.69, 9.17) is 9.47 Å². The van der Waals surface area contributed by atoms with Gasteiger partial charge in [-0.05, 0) is 77.6 Å². The molecule has 2 aromatic rings. The van der Waals surface area contributed by atoms with Crippen molar-refractivity contribution < 1.29 is 9.47 Å². The Morgan fingerprint density at radius 2 is 1.10 bits per heavy atom. The van der Waals surface area contributed by atoms with Gasteiger partial charge in [0.25, 0.3) is 0 Å². The van der Waals surface area contributed by atoms with E-state index in [9.17, 15) is 0 Å². The largest absolute Gasteiger partial charge is 0.497 e. The third-order valence-corrected chi connectivity index (χ3v) is 5.09. The molecule has 0 radical (unpaired) electrons. The Balaban J connectivity index is 1.64. The number of hydrogen-bond acceptors (Lipinski definition) is 2. The molecule has 0 saturated carbocycles. The van der Waals surface area contributed by atoms with Gasteiger partial charge in [-0.25, -0.2) is 0 Å². The lowest BCUT2D eigenvalue weighted by molar-refractivity contribution is 0.326. The van der Waals surface area contributed by atoms with Crippen LogP contribution in [0, 0.1) is 5.41 Å². The lowest BCUT2D eigenvalue weighted by atomic mass is 9.82. The van der Waals surface area contributed by atoms with Crippen molar-refractivity contribution in [3.8, 4) is 11.5 Å². The molecule has 0 aromatic heterocycles. The molecule has 4 rings (SSSR count). The van der Waals surface area contributed by atoms with Gasteiger partial charge in [0.1, 0.15) is 11.5 Å². The highest BCUT2D eigenvalue weighted by Gasteiger charge is 2.42. The number of ether oxygens (including phenoxy) is 2. The maximum absolute atomic E-state index is 5.37. The quantitative estimate of drug-likeness (QED) is 0.837. The van der Waals surface area contributed by atoms with E-state index in [-0.39, 0.29) is 0 Å². The molecule has 0 amide bonds. The molecule has 1 spiro atoms. The van der Waals surface area contributed by atoms with E-state index in [1.54, 1.807) is 14.2 Å². The van der Waals surface area contributed by atoms with Gasteiger partial charge < -0.3 is 9.47 Å².